The van der Waals surface area contributed by atoms with E-state index in [-0.39, 0.29) is 6.04 Å². The van der Waals surface area contributed by atoms with E-state index in [2.05, 4.69) is 36.7 Å². The van der Waals surface area contributed by atoms with Crippen LogP contribution in [0.15, 0.2) is 41.8 Å². The molecule has 1 aromatic heterocycles. The number of nitrogens with zero attached hydrogens (tertiary/aromatic N) is 1. The second kappa shape index (κ2) is 10.2. The second-order valence-electron chi connectivity index (χ2n) is 8.07. The van der Waals surface area contributed by atoms with Gasteiger partial charge in [0, 0.05) is 30.0 Å². The van der Waals surface area contributed by atoms with Gasteiger partial charge in [-0.2, -0.15) is 0 Å². The maximum atomic E-state index is 5.89. The molecule has 7 heteroatoms. The van der Waals surface area contributed by atoms with Crippen molar-refractivity contribution in [2.24, 2.45) is 5.92 Å². The van der Waals surface area contributed by atoms with E-state index in [0.717, 1.165) is 34.2 Å². The SMILES string of the molecule is COc1ccc(-c2nc(CN[C@H](c3ccc4c(c3)OCCCO4)C(C)C)cs2)cc1OC. The van der Waals surface area contributed by atoms with Crippen molar-refractivity contribution in [2.45, 2.75) is 32.9 Å². The molecule has 0 saturated carbocycles. The van der Waals surface area contributed by atoms with Gasteiger partial charge < -0.3 is 24.3 Å². The van der Waals surface area contributed by atoms with Crippen LogP contribution in [0.4, 0.5) is 0 Å². The lowest BCUT2D eigenvalue weighted by molar-refractivity contribution is 0.296. The van der Waals surface area contributed by atoms with Crippen molar-refractivity contribution in [3.05, 3.63) is 53.0 Å². The number of rotatable bonds is 8. The maximum absolute atomic E-state index is 5.89. The maximum Gasteiger partial charge on any atom is 0.161 e. The molecule has 3 aromatic rings. The predicted molar refractivity (Wildman–Crippen MR) is 127 cm³/mol. The summed E-state index contributed by atoms with van der Waals surface area (Å²) >= 11 is 1.63. The summed E-state index contributed by atoms with van der Waals surface area (Å²) in [6.07, 6.45) is 0.905. The zero-order valence-electron chi connectivity index (χ0n) is 19.0. The smallest absolute Gasteiger partial charge is 0.161 e. The number of methoxy groups -OCH3 is 2. The van der Waals surface area contributed by atoms with Gasteiger partial charge in [0.15, 0.2) is 23.0 Å². The Hall–Kier alpha value is -2.77. The first-order valence-corrected chi connectivity index (χ1v) is 11.8. The number of hydrogen-bond acceptors (Lipinski definition) is 7. The summed E-state index contributed by atoms with van der Waals surface area (Å²) in [4.78, 5) is 4.83. The van der Waals surface area contributed by atoms with Crippen molar-refractivity contribution in [3.8, 4) is 33.6 Å². The van der Waals surface area contributed by atoms with E-state index in [1.165, 1.54) is 5.56 Å². The molecular weight excluding hydrogens is 424 g/mol. The number of fused-ring (bicyclic) bond motifs is 1. The molecule has 170 valence electrons. The number of hydrogen-bond donors (Lipinski definition) is 1. The Morgan fingerprint density at radius 1 is 1.00 bits per heavy atom. The molecule has 4 rings (SSSR count). The molecule has 0 aliphatic carbocycles. The molecule has 1 atom stereocenters. The van der Waals surface area contributed by atoms with Gasteiger partial charge in [-0.25, -0.2) is 4.98 Å². The van der Waals surface area contributed by atoms with Gasteiger partial charge in [-0.15, -0.1) is 11.3 Å². The summed E-state index contributed by atoms with van der Waals surface area (Å²) in [5.41, 5.74) is 3.22. The third-order valence-corrected chi connectivity index (χ3v) is 6.42. The van der Waals surface area contributed by atoms with E-state index >= 15 is 0 Å². The van der Waals surface area contributed by atoms with Crippen LogP contribution in [0.5, 0.6) is 23.0 Å². The third kappa shape index (κ3) is 5.00. The molecule has 0 radical (unpaired) electrons. The molecule has 1 aliphatic heterocycles. The van der Waals surface area contributed by atoms with Crippen LogP contribution >= 0.6 is 11.3 Å². The summed E-state index contributed by atoms with van der Waals surface area (Å²) in [6, 6.07) is 12.3. The molecule has 0 bridgehead atoms. The fourth-order valence-electron chi connectivity index (χ4n) is 3.82. The monoisotopic (exact) mass is 454 g/mol. The normalized spacial score (nSPS) is 14.2. The van der Waals surface area contributed by atoms with Crippen LogP contribution in [0.1, 0.15) is 37.6 Å². The third-order valence-electron chi connectivity index (χ3n) is 5.48. The number of thiazole rings is 1. The summed E-state index contributed by atoms with van der Waals surface area (Å²) < 4.78 is 22.4. The molecule has 32 heavy (non-hydrogen) atoms. The molecular formula is C25H30N2O4S. The lowest BCUT2D eigenvalue weighted by Gasteiger charge is -2.23. The summed E-state index contributed by atoms with van der Waals surface area (Å²) in [6.45, 7) is 6.51. The average Bonchev–Trinajstić information content (AvgIpc) is 3.15. The first-order chi connectivity index (χ1) is 15.6. The van der Waals surface area contributed by atoms with Crippen LogP contribution in [-0.4, -0.2) is 32.4 Å². The van der Waals surface area contributed by atoms with Crippen molar-refractivity contribution < 1.29 is 18.9 Å². The number of ether oxygens (including phenoxy) is 4. The van der Waals surface area contributed by atoms with Crippen molar-refractivity contribution in [3.63, 3.8) is 0 Å². The van der Waals surface area contributed by atoms with Gasteiger partial charge in [-0.1, -0.05) is 19.9 Å². The number of aromatic nitrogens is 1. The molecule has 0 unspecified atom stereocenters. The minimum absolute atomic E-state index is 0.179. The fraction of sp³-hybridized carbons (Fsp3) is 0.400. The Morgan fingerprint density at radius 3 is 2.53 bits per heavy atom. The van der Waals surface area contributed by atoms with E-state index in [9.17, 15) is 0 Å². The van der Waals surface area contributed by atoms with Crippen LogP contribution in [0, 0.1) is 5.92 Å². The molecule has 2 aromatic carbocycles. The Kier molecular flexibility index (Phi) is 7.17. The quantitative estimate of drug-likeness (QED) is 0.487. The number of benzene rings is 2. The van der Waals surface area contributed by atoms with Crippen LogP contribution in [0.25, 0.3) is 10.6 Å². The van der Waals surface area contributed by atoms with Crippen LogP contribution in [0.2, 0.25) is 0 Å². The second-order valence-corrected chi connectivity index (χ2v) is 8.93. The zero-order valence-corrected chi connectivity index (χ0v) is 19.8. The topological polar surface area (TPSA) is 61.8 Å². The molecule has 0 spiro atoms. The Morgan fingerprint density at radius 2 is 1.78 bits per heavy atom. The molecule has 1 N–H and O–H groups in total. The molecule has 0 fully saturated rings. The van der Waals surface area contributed by atoms with Gasteiger partial charge in [0.2, 0.25) is 0 Å². The van der Waals surface area contributed by atoms with Gasteiger partial charge in [-0.05, 0) is 41.8 Å². The van der Waals surface area contributed by atoms with E-state index in [0.29, 0.717) is 37.2 Å². The van der Waals surface area contributed by atoms with Gasteiger partial charge in [0.1, 0.15) is 5.01 Å². The van der Waals surface area contributed by atoms with E-state index in [1.54, 1.807) is 25.6 Å². The van der Waals surface area contributed by atoms with Gasteiger partial charge >= 0.3 is 0 Å². The van der Waals surface area contributed by atoms with E-state index < -0.39 is 0 Å². The zero-order chi connectivity index (χ0) is 22.5. The summed E-state index contributed by atoms with van der Waals surface area (Å²) in [7, 11) is 3.28. The Labute approximate surface area is 193 Å². The first kappa shape index (κ1) is 22.4. The highest BCUT2D eigenvalue weighted by Crippen LogP contribution is 2.35. The van der Waals surface area contributed by atoms with Crippen LogP contribution in [-0.2, 0) is 6.54 Å². The minimum atomic E-state index is 0.179. The highest BCUT2D eigenvalue weighted by molar-refractivity contribution is 7.13. The largest absolute Gasteiger partial charge is 0.493 e. The van der Waals surface area contributed by atoms with Crippen molar-refractivity contribution in [1.82, 2.24) is 10.3 Å². The van der Waals surface area contributed by atoms with Gasteiger partial charge in [0.05, 0.1) is 33.1 Å². The molecule has 6 nitrogen and oxygen atoms in total. The Balaban J connectivity index is 1.48. The lowest BCUT2D eigenvalue weighted by Crippen LogP contribution is -2.25. The van der Waals surface area contributed by atoms with Crippen molar-refractivity contribution in [2.75, 3.05) is 27.4 Å². The first-order valence-electron chi connectivity index (χ1n) is 10.9. The highest BCUT2D eigenvalue weighted by atomic mass is 32.1. The number of nitrogens with one attached hydrogen (secondary N) is 1. The fourth-order valence-corrected chi connectivity index (χ4v) is 4.63. The average molecular weight is 455 g/mol. The highest BCUT2D eigenvalue weighted by Gasteiger charge is 2.19. The van der Waals surface area contributed by atoms with E-state index in [1.807, 2.05) is 24.3 Å². The summed E-state index contributed by atoms with van der Waals surface area (Å²) in [5.74, 6) is 3.48. The predicted octanol–water partition coefficient (Wildman–Crippen LogP) is 5.48. The van der Waals surface area contributed by atoms with Crippen LogP contribution in [0.3, 0.4) is 0 Å². The molecule has 0 amide bonds. The summed E-state index contributed by atoms with van der Waals surface area (Å²) in [5, 5.41) is 6.74. The lowest BCUT2D eigenvalue weighted by atomic mass is 9.95. The van der Waals surface area contributed by atoms with Gasteiger partial charge in [-0.3, -0.25) is 0 Å². The van der Waals surface area contributed by atoms with Crippen molar-refractivity contribution in [1.29, 1.82) is 0 Å². The van der Waals surface area contributed by atoms with Crippen LogP contribution < -0.4 is 24.3 Å². The molecule has 0 saturated heterocycles. The standard InChI is InChI=1S/C25H30N2O4S/c1-16(2)24(17-6-9-21-23(12-17)31-11-5-10-30-21)26-14-19-15-32-25(27-19)18-7-8-20(28-3)22(13-18)29-4/h6-9,12-13,15-16,24,26H,5,10-11,14H2,1-4H3/t24-/m0/s1. The minimum Gasteiger partial charge on any atom is -0.493 e. The molecule has 1 aliphatic rings. The van der Waals surface area contributed by atoms with Crippen molar-refractivity contribution >= 4 is 11.3 Å². The van der Waals surface area contributed by atoms with E-state index in [4.69, 9.17) is 23.9 Å². The Bertz CT molecular complexity index is 1050. The van der Waals surface area contributed by atoms with Gasteiger partial charge in [0.25, 0.3) is 0 Å². The molecule has 2 heterocycles.